The molecule has 0 saturated carbocycles. The highest BCUT2D eigenvalue weighted by Crippen LogP contribution is 2.23. The standard InChI is InChI=1S/C23H25FN4O3/c1-3-28(4-2)14-16-7-5-6-8-18(16)21-26-19(20(29)23(31)27-21)22(30)25-13-15-9-11-17(24)12-10-15/h5-12,29H,3-4,13-14H2,1-2H3,(H,25,30)(H,26,27,31). The van der Waals surface area contributed by atoms with Crippen LogP contribution in [0.25, 0.3) is 11.4 Å². The third kappa shape index (κ3) is 5.35. The molecule has 8 heteroatoms. The van der Waals surface area contributed by atoms with Crippen molar-refractivity contribution in [3.05, 3.63) is 81.5 Å². The largest absolute Gasteiger partial charge is 0.501 e. The van der Waals surface area contributed by atoms with Crippen LogP contribution in [0.1, 0.15) is 35.5 Å². The lowest BCUT2D eigenvalue weighted by molar-refractivity contribution is 0.0942. The summed E-state index contributed by atoms with van der Waals surface area (Å²) in [6.45, 7) is 6.61. The zero-order chi connectivity index (χ0) is 22.4. The van der Waals surface area contributed by atoms with Crippen LogP contribution in [0.2, 0.25) is 0 Å². The van der Waals surface area contributed by atoms with Crippen molar-refractivity contribution in [1.29, 1.82) is 0 Å². The van der Waals surface area contributed by atoms with Gasteiger partial charge < -0.3 is 15.4 Å². The number of aromatic nitrogens is 2. The zero-order valence-electron chi connectivity index (χ0n) is 17.5. The molecule has 31 heavy (non-hydrogen) atoms. The summed E-state index contributed by atoms with van der Waals surface area (Å²) in [6, 6.07) is 13.1. The second-order valence-electron chi connectivity index (χ2n) is 7.04. The quantitative estimate of drug-likeness (QED) is 0.516. The van der Waals surface area contributed by atoms with Gasteiger partial charge in [-0.1, -0.05) is 50.2 Å². The summed E-state index contributed by atoms with van der Waals surface area (Å²) in [5, 5.41) is 12.7. The van der Waals surface area contributed by atoms with Gasteiger partial charge in [-0.05, 0) is 36.3 Å². The number of carbonyl (C=O) groups excluding carboxylic acids is 1. The molecule has 0 aliphatic carbocycles. The maximum absolute atomic E-state index is 13.0. The van der Waals surface area contributed by atoms with Crippen LogP contribution in [0.4, 0.5) is 4.39 Å². The number of rotatable bonds is 8. The Balaban J connectivity index is 1.90. The SMILES string of the molecule is CCN(CC)Cc1ccccc1-c1nc(C(=O)NCc2ccc(F)cc2)c(O)c(=O)[nH]1. The van der Waals surface area contributed by atoms with Crippen LogP contribution in [0, 0.1) is 5.82 Å². The van der Waals surface area contributed by atoms with Crippen molar-refractivity contribution in [1.82, 2.24) is 20.2 Å². The molecule has 0 bridgehead atoms. The van der Waals surface area contributed by atoms with Crippen molar-refractivity contribution >= 4 is 5.91 Å². The molecule has 3 N–H and O–H groups in total. The van der Waals surface area contributed by atoms with E-state index >= 15 is 0 Å². The summed E-state index contributed by atoms with van der Waals surface area (Å²) >= 11 is 0. The third-order valence-electron chi connectivity index (χ3n) is 5.04. The lowest BCUT2D eigenvalue weighted by Gasteiger charge is -2.20. The molecule has 0 atom stereocenters. The van der Waals surface area contributed by atoms with Crippen LogP contribution < -0.4 is 10.9 Å². The molecule has 0 spiro atoms. The van der Waals surface area contributed by atoms with E-state index in [1.165, 1.54) is 24.3 Å². The molecule has 2 aromatic carbocycles. The minimum Gasteiger partial charge on any atom is -0.501 e. The van der Waals surface area contributed by atoms with Crippen molar-refractivity contribution in [2.45, 2.75) is 26.9 Å². The molecule has 162 valence electrons. The fourth-order valence-electron chi connectivity index (χ4n) is 3.20. The van der Waals surface area contributed by atoms with E-state index in [0.29, 0.717) is 17.7 Å². The summed E-state index contributed by atoms with van der Waals surface area (Å²) < 4.78 is 13.0. The number of aromatic hydroxyl groups is 1. The Kier molecular flexibility index (Phi) is 7.15. The molecule has 0 fully saturated rings. The van der Waals surface area contributed by atoms with Crippen LogP contribution in [-0.2, 0) is 13.1 Å². The Morgan fingerprint density at radius 1 is 1.13 bits per heavy atom. The topological polar surface area (TPSA) is 98.3 Å². The van der Waals surface area contributed by atoms with E-state index in [1.807, 2.05) is 24.3 Å². The van der Waals surface area contributed by atoms with Crippen LogP contribution in [0.15, 0.2) is 53.3 Å². The van der Waals surface area contributed by atoms with Crippen molar-refractivity contribution in [3.63, 3.8) is 0 Å². The normalized spacial score (nSPS) is 11.0. The molecule has 0 radical (unpaired) electrons. The summed E-state index contributed by atoms with van der Waals surface area (Å²) in [5.41, 5.74) is 1.13. The Morgan fingerprint density at radius 2 is 1.81 bits per heavy atom. The van der Waals surface area contributed by atoms with E-state index in [-0.39, 0.29) is 23.9 Å². The second kappa shape index (κ2) is 9.99. The van der Waals surface area contributed by atoms with Gasteiger partial charge in [-0.15, -0.1) is 0 Å². The first-order valence-corrected chi connectivity index (χ1v) is 10.1. The average Bonchev–Trinajstić information content (AvgIpc) is 2.78. The maximum atomic E-state index is 13.0. The van der Waals surface area contributed by atoms with Crippen molar-refractivity contribution in [2.24, 2.45) is 0 Å². The zero-order valence-corrected chi connectivity index (χ0v) is 17.5. The number of nitrogens with one attached hydrogen (secondary N) is 2. The van der Waals surface area contributed by atoms with E-state index in [0.717, 1.165) is 18.7 Å². The number of halogens is 1. The molecule has 3 rings (SSSR count). The van der Waals surface area contributed by atoms with Gasteiger partial charge in [0, 0.05) is 18.7 Å². The summed E-state index contributed by atoms with van der Waals surface area (Å²) in [7, 11) is 0. The average molecular weight is 424 g/mol. The predicted octanol–water partition coefficient (Wildman–Crippen LogP) is 3.05. The second-order valence-corrected chi connectivity index (χ2v) is 7.04. The first-order valence-electron chi connectivity index (χ1n) is 10.1. The number of H-pyrrole nitrogens is 1. The molecule has 3 aromatic rings. The number of amides is 1. The number of hydrogen-bond acceptors (Lipinski definition) is 5. The lowest BCUT2D eigenvalue weighted by Crippen LogP contribution is -2.27. The predicted molar refractivity (Wildman–Crippen MR) is 116 cm³/mol. The number of hydrogen-bond donors (Lipinski definition) is 3. The molecule has 7 nitrogen and oxygen atoms in total. The number of nitrogens with zero attached hydrogens (tertiary/aromatic N) is 2. The molecule has 0 saturated heterocycles. The van der Waals surface area contributed by atoms with E-state index < -0.39 is 17.2 Å². The summed E-state index contributed by atoms with van der Waals surface area (Å²) in [4.78, 5) is 34.0. The van der Waals surface area contributed by atoms with Gasteiger partial charge in [0.1, 0.15) is 11.6 Å². The molecule has 1 amide bonds. The van der Waals surface area contributed by atoms with Gasteiger partial charge >= 0.3 is 0 Å². The minimum absolute atomic E-state index is 0.0981. The van der Waals surface area contributed by atoms with Gasteiger partial charge in [0.05, 0.1) is 0 Å². The highest BCUT2D eigenvalue weighted by atomic mass is 19.1. The Hall–Kier alpha value is -3.52. The minimum atomic E-state index is -0.797. The first-order chi connectivity index (χ1) is 14.9. The van der Waals surface area contributed by atoms with Gasteiger partial charge in [0.15, 0.2) is 5.69 Å². The van der Waals surface area contributed by atoms with Gasteiger partial charge in [0.25, 0.3) is 11.5 Å². The molecule has 0 aliphatic heterocycles. The lowest BCUT2D eigenvalue weighted by atomic mass is 10.1. The molecule has 0 aliphatic rings. The highest BCUT2D eigenvalue weighted by Gasteiger charge is 2.20. The molecule has 1 heterocycles. The molecular formula is C23H25FN4O3. The Morgan fingerprint density at radius 3 is 2.48 bits per heavy atom. The fourth-order valence-corrected chi connectivity index (χ4v) is 3.20. The van der Waals surface area contributed by atoms with E-state index in [1.54, 1.807) is 0 Å². The molecular weight excluding hydrogens is 399 g/mol. The Labute approximate surface area is 179 Å². The summed E-state index contributed by atoms with van der Waals surface area (Å²) in [5.74, 6) is -1.62. The first kappa shape index (κ1) is 22.2. The van der Waals surface area contributed by atoms with Gasteiger partial charge in [0.2, 0.25) is 5.75 Å². The number of benzene rings is 2. The molecule has 1 aromatic heterocycles. The molecule has 0 unspecified atom stereocenters. The fraction of sp³-hybridized carbons (Fsp3) is 0.261. The van der Waals surface area contributed by atoms with Gasteiger partial charge in [-0.2, -0.15) is 0 Å². The van der Waals surface area contributed by atoms with Crippen molar-refractivity contribution in [2.75, 3.05) is 13.1 Å². The summed E-state index contributed by atoms with van der Waals surface area (Å²) in [6.07, 6.45) is 0. The van der Waals surface area contributed by atoms with Gasteiger partial charge in [-0.3, -0.25) is 14.5 Å². The van der Waals surface area contributed by atoms with Crippen LogP contribution in [0.3, 0.4) is 0 Å². The van der Waals surface area contributed by atoms with E-state index in [9.17, 15) is 19.1 Å². The third-order valence-corrected chi connectivity index (χ3v) is 5.04. The van der Waals surface area contributed by atoms with Crippen molar-refractivity contribution in [3.8, 4) is 17.1 Å². The number of carbonyl (C=O) groups is 1. The van der Waals surface area contributed by atoms with Crippen molar-refractivity contribution < 1.29 is 14.3 Å². The van der Waals surface area contributed by atoms with Crippen LogP contribution >= 0.6 is 0 Å². The monoisotopic (exact) mass is 424 g/mol. The van der Waals surface area contributed by atoms with E-state index in [4.69, 9.17) is 0 Å². The Bertz CT molecular complexity index is 1110. The van der Waals surface area contributed by atoms with E-state index in [2.05, 4.69) is 34.0 Å². The van der Waals surface area contributed by atoms with Crippen LogP contribution in [-0.4, -0.2) is 39.0 Å². The number of aromatic amines is 1. The maximum Gasteiger partial charge on any atom is 0.294 e. The van der Waals surface area contributed by atoms with Crippen LogP contribution in [0.5, 0.6) is 5.75 Å². The van der Waals surface area contributed by atoms with Gasteiger partial charge in [-0.25, -0.2) is 9.37 Å². The smallest absolute Gasteiger partial charge is 0.294 e. The highest BCUT2D eigenvalue weighted by molar-refractivity contribution is 5.95.